The second-order valence-electron chi connectivity index (χ2n) is 5.92. The monoisotopic (exact) mass is 257 g/mol. The van der Waals surface area contributed by atoms with Crippen LogP contribution >= 0.6 is 0 Å². The van der Waals surface area contributed by atoms with Gasteiger partial charge in [-0.25, -0.2) is 0 Å². The number of carbonyl (C=O) groups excluding carboxylic acids is 1. The molecular formula is C13H23NO4. The van der Waals surface area contributed by atoms with Gasteiger partial charge in [0.1, 0.15) is 0 Å². The van der Waals surface area contributed by atoms with Crippen LogP contribution in [0, 0.1) is 11.3 Å². The number of carboxylic acid groups (broad SMARTS) is 1. The van der Waals surface area contributed by atoms with E-state index in [-0.39, 0.29) is 25.4 Å². The van der Waals surface area contributed by atoms with Crippen molar-refractivity contribution in [1.82, 2.24) is 4.90 Å². The van der Waals surface area contributed by atoms with Crippen LogP contribution in [0.15, 0.2) is 0 Å². The van der Waals surface area contributed by atoms with Crippen molar-refractivity contribution in [2.75, 3.05) is 19.7 Å². The second kappa shape index (κ2) is 6.18. The maximum Gasteiger partial charge on any atom is 0.303 e. The molecule has 1 saturated heterocycles. The van der Waals surface area contributed by atoms with Crippen molar-refractivity contribution in [2.45, 2.75) is 39.5 Å². The molecule has 0 aromatic rings. The Bertz CT molecular complexity index is 314. The van der Waals surface area contributed by atoms with Crippen molar-refractivity contribution in [2.24, 2.45) is 11.3 Å². The highest BCUT2D eigenvalue weighted by Crippen LogP contribution is 2.28. The fourth-order valence-electron chi connectivity index (χ4n) is 2.47. The smallest absolute Gasteiger partial charge is 0.303 e. The summed E-state index contributed by atoms with van der Waals surface area (Å²) in [5.74, 6) is -0.449. The minimum absolute atomic E-state index is 0.00660. The lowest BCUT2D eigenvalue weighted by molar-refractivity contribution is -0.140. The highest BCUT2D eigenvalue weighted by atomic mass is 16.4. The fourth-order valence-corrected chi connectivity index (χ4v) is 2.47. The average molecular weight is 257 g/mol. The third-order valence-corrected chi connectivity index (χ3v) is 3.44. The number of aliphatic hydroxyl groups is 1. The van der Waals surface area contributed by atoms with Gasteiger partial charge in [0.25, 0.3) is 0 Å². The lowest BCUT2D eigenvalue weighted by Gasteiger charge is -2.25. The maximum absolute atomic E-state index is 12.1. The van der Waals surface area contributed by atoms with Crippen molar-refractivity contribution in [3.05, 3.63) is 0 Å². The van der Waals surface area contributed by atoms with Crippen molar-refractivity contribution < 1.29 is 19.8 Å². The van der Waals surface area contributed by atoms with Crippen LogP contribution in [0.5, 0.6) is 0 Å². The minimum Gasteiger partial charge on any atom is -0.481 e. The summed E-state index contributed by atoms with van der Waals surface area (Å²) < 4.78 is 0. The molecule has 2 N–H and O–H groups in total. The summed E-state index contributed by atoms with van der Waals surface area (Å²) in [6.45, 7) is 5.20. The number of nitrogens with zero attached hydrogens (tertiary/aromatic N) is 1. The summed E-state index contributed by atoms with van der Waals surface area (Å²) in [6, 6.07) is 0. The average Bonchev–Trinajstić information content (AvgIpc) is 2.63. The van der Waals surface area contributed by atoms with Crippen molar-refractivity contribution in [3.8, 4) is 0 Å². The zero-order chi connectivity index (χ0) is 13.8. The van der Waals surface area contributed by atoms with Gasteiger partial charge in [0.15, 0.2) is 0 Å². The molecule has 1 unspecified atom stereocenters. The normalized spacial score (nSPS) is 20.2. The summed E-state index contributed by atoms with van der Waals surface area (Å²) in [6.07, 6.45) is 1.95. The summed E-state index contributed by atoms with van der Waals surface area (Å²) in [5, 5.41) is 17.7. The summed E-state index contributed by atoms with van der Waals surface area (Å²) in [7, 11) is 0. The highest BCUT2D eigenvalue weighted by molar-refractivity contribution is 5.78. The molecule has 1 aliphatic heterocycles. The van der Waals surface area contributed by atoms with E-state index in [9.17, 15) is 9.59 Å². The standard InChI is InChI=1S/C13H23NO4/c1-13(2,8-12(17)18)7-11(16)14-5-3-10(9-14)4-6-15/h10,15H,3-9H2,1-2H3,(H,17,18). The Labute approximate surface area is 108 Å². The maximum atomic E-state index is 12.1. The Balaban J connectivity index is 2.44. The first kappa shape index (κ1) is 15.0. The van der Waals surface area contributed by atoms with Crippen molar-refractivity contribution in [3.63, 3.8) is 0 Å². The number of hydrogen-bond acceptors (Lipinski definition) is 3. The molecular weight excluding hydrogens is 234 g/mol. The van der Waals surface area contributed by atoms with Crippen LogP contribution in [0.25, 0.3) is 0 Å². The first-order valence-electron chi connectivity index (χ1n) is 6.44. The fraction of sp³-hybridized carbons (Fsp3) is 0.846. The second-order valence-corrected chi connectivity index (χ2v) is 5.92. The number of carboxylic acids is 1. The van der Waals surface area contributed by atoms with Gasteiger partial charge in [0.2, 0.25) is 5.91 Å². The van der Waals surface area contributed by atoms with E-state index in [1.807, 2.05) is 0 Å². The molecule has 0 bridgehead atoms. The molecule has 5 nitrogen and oxygen atoms in total. The van der Waals surface area contributed by atoms with Gasteiger partial charge in [-0.15, -0.1) is 0 Å². The summed E-state index contributed by atoms with van der Waals surface area (Å²) >= 11 is 0. The number of likely N-dealkylation sites (tertiary alicyclic amines) is 1. The predicted molar refractivity (Wildman–Crippen MR) is 67.0 cm³/mol. The molecule has 0 aromatic heterocycles. The number of aliphatic hydroxyl groups excluding tert-OH is 1. The molecule has 1 aliphatic rings. The molecule has 1 rings (SSSR count). The van der Waals surface area contributed by atoms with Crippen LogP contribution in [0.4, 0.5) is 0 Å². The van der Waals surface area contributed by atoms with E-state index in [2.05, 4.69) is 0 Å². The molecule has 0 spiro atoms. The van der Waals surface area contributed by atoms with Crippen molar-refractivity contribution in [1.29, 1.82) is 0 Å². The van der Waals surface area contributed by atoms with Gasteiger partial charge in [-0.3, -0.25) is 9.59 Å². The van der Waals surface area contributed by atoms with Gasteiger partial charge in [-0.1, -0.05) is 13.8 Å². The molecule has 18 heavy (non-hydrogen) atoms. The molecule has 0 radical (unpaired) electrons. The summed E-state index contributed by atoms with van der Waals surface area (Å²) in [5.41, 5.74) is -0.502. The minimum atomic E-state index is -0.868. The van der Waals surface area contributed by atoms with Crippen molar-refractivity contribution >= 4 is 11.9 Å². The molecule has 5 heteroatoms. The Kier molecular flexibility index (Phi) is 5.14. The third kappa shape index (κ3) is 4.64. The molecule has 1 atom stereocenters. The number of carbonyl (C=O) groups is 2. The van der Waals surface area contributed by atoms with Crippen LogP contribution in [-0.4, -0.2) is 46.7 Å². The topological polar surface area (TPSA) is 77.8 Å². The van der Waals surface area contributed by atoms with Gasteiger partial charge >= 0.3 is 5.97 Å². The molecule has 0 aliphatic carbocycles. The largest absolute Gasteiger partial charge is 0.481 e. The molecule has 1 amide bonds. The number of hydrogen-bond donors (Lipinski definition) is 2. The van der Waals surface area contributed by atoms with Gasteiger partial charge in [-0.05, 0) is 24.2 Å². The zero-order valence-corrected chi connectivity index (χ0v) is 11.2. The van der Waals surface area contributed by atoms with Crippen LogP contribution in [0.1, 0.15) is 39.5 Å². The number of rotatable bonds is 6. The molecule has 1 heterocycles. The molecule has 1 fully saturated rings. The van der Waals surface area contributed by atoms with E-state index in [4.69, 9.17) is 10.2 Å². The van der Waals surface area contributed by atoms with E-state index in [1.165, 1.54) is 0 Å². The van der Waals surface area contributed by atoms with Crippen LogP contribution < -0.4 is 0 Å². The first-order valence-corrected chi connectivity index (χ1v) is 6.44. The lowest BCUT2D eigenvalue weighted by atomic mass is 9.85. The van der Waals surface area contributed by atoms with Crippen LogP contribution in [0.3, 0.4) is 0 Å². The number of amides is 1. The lowest BCUT2D eigenvalue weighted by Crippen LogP contribution is -2.33. The molecule has 0 saturated carbocycles. The Morgan fingerprint density at radius 1 is 1.33 bits per heavy atom. The highest BCUT2D eigenvalue weighted by Gasteiger charge is 2.31. The Morgan fingerprint density at radius 3 is 2.56 bits per heavy atom. The van der Waals surface area contributed by atoms with Gasteiger partial charge < -0.3 is 15.1 Å². The first-order chi connectivity index (χ1) is 8.34. The van der Waals surface area contributed by atoms with Crippen LogP contribution in [0.2, 0.25) is 0 Å². The molecule has 104 valence electrons. The SMILES string of the molecule is CC(C)(CC(=O)O)CC(=O)N1CCC(CCO)C1. The van der Waals surface area contributed by atoms with Gasteiger partial charge in [0, 0.05) is 26.1 Å². The quantitative estimate of drug-likeness (QED) is 0.747. The van der Waals surface area contributed by atoms with E-state index in [0.29, 0.717) is 12.5 Å². The van der Waals surface area contributed by atoms with Gasteiger partial charge in [0.05, 0.1) is 6.42 Å². The summed E-state index contributed by atoms with van der Waals surface area (Å²) in [4.78, 5) is 24.6. The Morgan fingerprint density at radius 2 is 2.00 bits per heavy atom. The Hall–Kier alpha value is -1.10. The van der Waals surface area contributed by atoms with E-state index >= 15 is 0 Å². The van der Waals surface area contributed by atoms with E-state index < -0.39 is 11.4 Å². The number of aliphatic carboxylic acids is 1. The zero-order valence-electron chi connectivity index (χ0n) is 11.2. The molecule has 0 aromatic carbocycles. The third-order valence-electron chi connectivity index (χ3n) is 3.44. The van der Waals surface area contributed by atoms with E-state index in [0.717, 1.165) is 19.4 Å². The van der Waals surface area contributed by atoms with Gasteiger partial charge in [-0.2, -0.15) is 0 Å². The predicted octanol–water partition coefficient (Wildman–Crippen LogP) is 1.11. The van der Waals surface area contributed by atoms with Crippen LogP contribution in [-0.2, 0) is 9.59 Å². The van der Waals surface area contributed by atoms with E-state index in [1.54, 1.807) is 18.7 Å².